The Labute approximate surface area is 157 Å². The standard InChI is InChI=1S/C20H23F2N3O2/c1-13-4-7-16(8-5-13)24-19(26)12-25(3)20(27)11-23-14(2)17-9-6-15(21)10-18(17)22/h4-10,14,23H,11-12H2,1-3H3,(H,24,26)/p+1/t14-/m0/s1. The fraction of sp³-hybridized carbons (Fsp3) is 0.300. The van der Waals surface area contributed by atoms with Crippen LogP contribution in [0.3, 0.4) is 0 Å². The quantitative estimate of drug-likeness (QED) is 0.776. The van der Waals surface area contributed by atoms with Gasteiger partial charge in [0.05, 0.1) is 6.54 Å². The number of halogens is 2. The minimum Gasteiger partial charge on any atom is -0.332 e. The molecule has 0 saturated carbocycles. The Balaban J connectivity index is 1.82. The zero-order valence-electron chi connectivity index (χ0n) is 15.6. The number of hydrogen-bond donors (Lipinski definition) is 2. The predicted molar refractivity (Wildman–Crippen MR) is 99.0 cm³/mol. The van der Waals surface area contributed by atoms with Crippen molar-refractivity contribution in [2.75, 3.05) is 25.5 Å². The van der Waals surface area contributed by atoms with Gasteiger partial charge in [-0.05, 0) is 38.1 Å². The third-order valence-corrected chi connectivity index (χ3v) is 4.24. The molecule has 2 rings (SSSR count). The van der Waals surface area contributed by atoms with Gasteiger partial charge in [-0.1, -0.05) is 17.7 Å². The van der Waals surface area contributed by atoms with Crippen LogP contribution in [0.1, 0.15) is 24.1 Å². The number of amides is 2. The highest BCUT2D eigenvalue weighted by Crippen LogP contribution is 2.14. The number of rotatable bonds is 7. The third kappa shape index (κ3) is 6.14. The fourth-order valence-corrected chi connectivity index (χ4v) is 2.57. The summed E-state index contributed by atoms with van der Waals surface area (Å²) < 4.78 is 26.8. The summed E-state index contributed by atoms with van der Waals surface area (Å²) in [4.78, 5) is 25.6. The minimum absolute atomic E-state index is 0.0479. The summed E-state index contributed by atoms with van der Waals surface area (Å²) in [6.07, 6.45) is 0. The van der Waals surface area contributed by atoms with E-state index in [1.54, 1.807) is 24.4 Å². The number of anilines is 1. The number of carbonyl (C=O) groups excluding carboxylic acids is 2. The van der Waals surface area contributed by atoms with Crippen LogP contribution in [0.5, 0.6) is 0 Å². The highest BCUT2D eigenvalue weighted by Gasteiger charge is 2.19. The molecule has 2 aromatic rings. The zero-order valence-corrected chi connectivity index (χ0v) is 15.6. The summed E-state index contributed by atoms with van der Waals surface area (Å²) in [6, 6.07) is 10.4. The van der Waals surface area contributed by atoms with Crippen molar-refractivity contribution in [3.05, 3.63) is 65.2 Å². The molecule has 0 saturated heterocycles. The zero-order chi connectivity index (χ0) is 20.0. The molecule has 3 N–H and O–H groups in total. The third-order valence-electron chi connectivity index (χ3n) is 4.24. The van der Waals surface area contributed by atoms with E-state index in [9.17, 15) is 18.4 Å². The largest absolute Gasteiger partial charge is 0.332 e. The second-order valence-corrected chi connectivity index (χ2v) is 6.56. The van der Waals surface area contributed by atoms with Crippen LogP contribution in [-0.4, -0.2) is 36.9 Å². The molecule has 2 amide bonds. The fourth-order valence-electron chi connectivity index (χ4n) is 2.57. The predicted octanol–water partition coefficient (Wildman–Crippen LogP) is 1.99. The summed E-state index contributed by atoms with van der Waals surface area (Å²) in [6.45, 7) is 3.65. The van der Waals surface area contributed by atoms with Crippen molar-refractivity contribution in [1.82, 2.24) is 4.90 Å². The summed E-state index contributed by atoms with van der Waals surface area (Å²) >= 11 is 0. The summed E-state index contributed by atoms with van der Waals surface area (Å²) in [5.41, 5.74) is 2.07. The molecular formula is C20H24F2N3O2+. The molecule has 7 heteroatoms. The number of benzene rings is 2. The SMILES string of the molecule is Cc1ccc(NC(=O)CN(C)C(=O)C[NH2+][C@@H](C)c2ccc(F)cc2F)cc1. The van der Waals surface area contributed by atoms with Gasteiger partial charge < -0.3 is 15.5 Å². The molecule has 1 atom stereocenters. The van der Waals surface area contributed by atoms with Crippen LogP contribution >= 0.6 is 0 Å². The van der Waals surface area contributed by atoms with Crippen LogP contribution in [0.2, 0.25) is 0 Å². The van der Waals surface area contributed by atoms with Crippen molar-refractivity contribution >= 4 is 17.5 Å². The van der Waals surface area contributed by atoms with Gasteiger partial charge in [-0.25, -0.2) is 8.78 Å². The van der Waals surface area contributed by atoms with Crippen LogP contribution in [0, 0.1) is 18.6 Å². The van der Waals surface area contributed by atoms with Crippen molar-refractivity contribution in [2.45, 2.75) is 19.9 Å². The number of hydrogen-bond acceptors (Lipinski definition) is 2. The van der Waals surface area contributed by atoms with Gasteiger partial charge in [-0.2, -0.15) is 0 Å². The molecular weight excluding hydrogens is 352 g/mol. The van der Waals surface area contributed by atoms with Crippen molar-refractivity contribution in [3.8, 4) is 0 Å². The Hall–Kier alpha value is -2.80. The smallest absolute Gasteiger partial charge is 0.277 e. The Kier molecular flexibility index (Phi) is 7.01. The van der Waals surface area contributed by atoms with Crippen LogP contribution < -0.4 is 10.6 Å². The van der Waals surface area contributed by atoms with Crippen molar-refractivity contribution in [3.63, 3.8) is 0 Å². The van der Waals surface area contributed by atoms with Gasteiger partial charge >= 0.3 is 0 Å². The number of nitrogens with one attached hydrogen (secondary N) is 1. The first-order valence-corrected chi connectivity index (χ1v) is 8.65. The Morgan fingerprint density at radius 2 is 1.81 bits per heavy atom. The van der Waals surface area contributed by atoms with Crippen LogP contribution in [0.4, 0.5) is 14.5 Å². The molecule has 0 unspecified atom stereocenters. The van der Waals surface area contributed by atoms with E-state index in [1.165, 1.54) is 24.1 Å². The van der Waals surface area contributed by atoms with Gasteiger partial charge in [0.25, 0.3) is 5.91 Å². The minimum atomic E-state index is -0.642. The van der Waals surface area contributed by atoms with Gasteiger partial charge in [-0.15, -0.1) is 0 Å². The van der Waals surface area contributed by atoms with E-state index in [4.69, 9.17) is 0 Å². The van der Waals surface area contributed by atoms with E-state index in [0.717, 1.165) is 11.6 Å². The highest BCUT2D eigenvalue weighted by molar-refractivity contribution is 5.94. The maximum Gasteiger partial charge on any atom is 0.277 e. The number of quaternary nitrogens is 1. The van der Waals surface area contributed by atoms with Gasteiger partial charge in [0.2, 0.25) is 5.91 Å². The number of likely N-dealkylation sites (N-methyl/N-ethyl adjacent to an activating group) is 1. The Morgan fingerprint density at radius 1 is 1.15 bits per heavy atom. The summed E-state index contributed by atoms with van der Waals surface area (Å²) in [5.74, 6) is -1.84. The lowest BCUT2D eigenvalue weighted by molar-refractivity contribution is -0.683. The molecule has 0 spiro atoms. The molecule has 0 fully saturated rings. The number of nitrogens with two attached hydrogens (primary N) is 1. The topological polar surface area (TPSA) is 66.0 Å². The van der Waals surface area contributed by atoms with Crippen molar-refractivity contribution in [1.29, 1.82) is 0 Å². The Morgan fingerprint density at radius 3 is 2.44 bits per heavy atom. The van der Waals surface area contributed by atoms with E-state index in [0.29, 0.717) is 11.3 Å². The molecule has 0 radical (unpaired) electrons. The lowest BCUT2D eigenvalue weighted by atomic mass is 10.1. The molecule has 0 heterocycles. The molecule has 0 aliphatic rings. The first kappa shape index (κ1) is 20.5. The first-order valence-electron chi connectivity index (χ1n) is 8.65. The van der Waals surface area contributed by atoms with E-state index >= 15 is 0 Å². The van der Waals surface area contributed by atoms with Gasteiger partial charge in [0.1, 0.15) is 17.7 Å². The van der Waals surface area contributed by atoms with Crippen LogP contribution in [0.25, 0.3) is 0 Å². The van der Waals surface area contributed by atoms with Crippen LogP contribution in [-0.2, 0) is 9.59 Å². The number of aryl methyl sites for hydroxylation is 1. The van der Waals surface area contributed by atoms with Gasteiger partial charge in [0, 0.05) is 24.4 Å². The first-order chi connectivity index (χ1) is 12.8. The number of carbonyl (C=O) groups is 2. The lowest BCUT2D eigenvalue weighted by Crippen LogP contribution is -2.87. The second kappa shape index (κ2) is 9.23. The highest BCUT2D eigenvalue weighted by atomic mass is 19.1. The van der Waals surface area contributed by atoms with Gasteiger partial charge in [0.15, 0.2) is 6.54 Å². The Bertz CT molecular complexity index is 809. The van der Waals surface area contributed by atoms with E-state index in [-0.39, 0.29) is 30.9 Å². The van der Waals surface area contributed by atoms with Crippen molar-refractivity contribution in [2.24, 2.45) is 0 Å². The summed E-state index contributed by atoms with van der Waals surface area (Å²) in [7, 11) is 1.54. The molecule has 0 aliphatic carbocycles. The maximum absolute atomic E-state index is 13.8. The van der Waals surface area contributed by atoms with E-state index in [1.807, 2.05) is 19.1 Å². The monoisotopic (exact) mass is 376 g/mol. The molecule has 0 bridgehead atoms. The van der Waals surface area contributed by atoms with E-state index in [2.05, 4.69) is 5.32 Å². The van der Waals surface area contributed by atoms with E-state index < -0.39 is 11.6 Å². The summed E-state index contributed by atoms with van der Waals surface area (Å²) in [5, 5.41) is 4.38. The molecule has 0 aliphatic heterocycles. The molecule has 27 heavy (non-hydrogen) atoms. The van der Waals surface area contributed by atoms with Gasteiger partial charge in [-0.3, -0.25) is 9.59 Å². The lowest BCUT2D eigenvalue weighted by Gasteiger charge is -2.18. The molecule has 2 aromatic carbocycles. The average Bonchev–Trinajstić information content (AvgIpc) is 2.61. The normalized spacial score (nSPS) is 11.7. The molecule has 5 nitrogen and oxygen atoms in total. The number of nitrogens with zero attached hydrogens (tertiary/aromatic N) is 1. The van der Waals surface area contributed by atoms with Crippen LogP contribution in [0.15, 0.2) is 42.5 Å². The molecule has 0 aromatic heterocycles. The second-order valence-electron chi connectivity index (χ2n) is 6.56. The maximum atomic E-state index is 13.8. The molecule has 144 valence electrons. The average molecular weight is 376 g/mol. The van der Waals surface area contributed by atoms with Crippen molar-refractivity contribution < 1.29 is 23.7 Å².